The summed E-state index contributed by atoms with van der Waals surface area (Å²) in [7, 11) is 1.93. The van der Waals surface area contributed by atoms with E-state index in [0.717, 1.165) is 23.4 Å². The summed E-state index contributed by atoms with van der Waals surface area (Å²) in [5.74, 6) is 0.111. The van der Waals surface area contributed by atoms with Gasteiger partial charge in [0.15, 0.2) is 0 Å². The lowest BCUT2D eigenvalue weighted by molar-refractivity contribution is 0.0692. The van der Waals surface area contributed by atoms with E-state index in [1.165, 1.54) is 31.0 Å². The maximum atomic E-state index is 12.5. The van der Waals surface area contributed by atoms with Crippen LogP contribution < -0.4 is 0 Å². The van der Waals surface area contributed by atoms with Crippen LogP contribution in [0.15, 0.2) is 23.4 Å². The molecule has 0 saturated heterocycles. The Balaban J connectivity index is 2.14. The van der Waals surface area contributed by atoms with Crippen molar-refractivity contribution in [1.82, 2.24) is 9.88 Å². The van der Waals surface area contributed by atoms with Crippen molar-refractivity contribution in [3.8, 4) is 0 Å². The van der Waals surface area contributed by atoms with Crippen molar-refractivity contribution in [3.05, 3.63) is 23.9 Å². The molecule has 1 aliphatic carbocycles. The van der Waals surface area contributed by atoms with Gasteiger partial charge in [-0.3, -0.25) is 4.79 Å². The van der Waals surface area contributed by atoms with Gasteiger partial charge in [-0.25, -0.2) is 4.98 Å². The minimum Gasteiger partial charge on any atom is -0.339 e. The van der Waals surface area contributed by atoms with E-state index < -0.39 is 0 Å². The normalized spacial score (nSPS) is 16.6. The second-order valence-corrected chi connectivity index (χ2v) is 5.56. The first-order valence-corrected chi connectivity index (χ1v) is 7.72. The quantitative estimate of drug-likeness (QED) is 0.786. The fourth-order valence-corrected chi connectivity index (χ4v) is 3.08. The van der Waals surface area contributed by atoms with Gasteiger partial charge in [-0.1, -0.05) is 19.3 Å². The van der Waals surface area contributed by atoms with Crippen LogP contribution in [0.25, 0.3) is 0 Å². The molecule has 1 aliphatic rings. The molecule has 0 radical (unpaired) electrons. The number of hydrogen-bond acceptors (Lipinski definition) is 3. The standard InChI is InChI=1S/C14H20N2OS/c1-16(11-7-4-3-5-8-11)14(17)12-9-6-10-15-13(12)18-2/h6,9-11H,3-5,7-8H2,1-2H3. The third-order valence-corrected chi connectivity index (χ3v) is 4.35. The molecule has 1 amide bonds. The zero-order chi connectivity index (χ0) is 13.0. The van der Waals surface area contributed by atoms with Gasteiger partial charge in [-0.05, 0) is 31.2 Å². The molecular formula is C14H20N2OS. The number of pyridine rings is 1. The number of carbonyl (C=O) groups excluding carboxylic acids is 1. The lowest BCUT2D eigenvalue weighted by Crippen LogP contribution is -2.38. The molecule has 0 aromatic carbocycles. The summed E-state index contributed by atoms with van der Waals surface area (Å²) in [5, 5.41) is 0.824. The van der Waals surface area contributed by atoms with E-state index >= 15 is 0 Å². The van der Waals surface area contributed by atoms with Crippen LogP contribution in [-0.4, -0.2) is 35.1 Å². The highest BCUT2D eigenvalue weighted by molar-refractivity contribution is 7.98. The van der Waals surface area contributed by atoms with Gasteiger partial charge in [-0.2, -0.15) is 0 Å². The predicted octanol–water partition coefficient (Wildman–Crippen LogP) is 3.21. The summed E-state index contributed by atoms with van der Waals surface area (Å²) in [6, 6.07) is 4.11. The molecule has 0 unspecified atom stereocenters. The summed E-state index contributed by atoms with van der Waals surface area (Å²) >= 11 is 1.53. The Labute approximate surface area is 113 Å². The lowest BCUT2D eigenvalue weighted by Gasteiger charge is -2.31. The number of amides is 1. The van der Waals surface area contributed by atoms with Crippen LogP contribution in [0, 0.1) is 0 Å². The fraction of sp³-hybridized carbons (Fsp3) is 0.571. The molecule has 98 valence electrons. The molecule has 1 fully saturated rings. The van der Waals surface area contributed by atoms with Crippen LogP contribution >= 0.6 is 11.8 Å². The zero-order valence-electron chi connectivity index (χ0n) is 11.1. The Kier molecular flexibility index (Phi) is 4.64. The second kappa shape index (κ2) is 6.23. The van der Waals surface area contributed by atoms with E-state index in [-0.39, 0.29) is 5.91 Å². The van der Waals surface area contributed by atoms with Gasteiger partial charge < -0.3 is 4.90 Å². The van der Waals surface area contributed by atoms with E-state index in [2.05, 4.69) is 4.98 Å². The van der Waals surface area contributed by atoms with Crippen molar-refractivity contribution in [2.75, 3.05) is 13.3 Å². The Hall–Kier alpha value is -1.03. The number of hydrogen-bond donors (Lipinski definition) is 0. The first kappa shape index (κ1) is 13.4. The molecule has 0 aliphatic heterocycles. The minimum absolute atomic E-state index is 0.111. The van der Waals surface area contributed by atoms with Gasteiger partial charge in [0.05, 0.1) is 5.56 Å². The van der Waals surface area contributed by atoms with Gasteiger partial charge in [0.25, 0.3) is 5.91 Å². The number of rotatable bonds is 3. The summed E-state index contributed by atoms with van der Waals surface area (Å²) in [5.41, 5.74) is 0.734. The monoisotopic (exact) mass is 264 g/mol. The average molecular weight is 264 g/mol. The van der Waals surface area contributed by atoms with E-state index in [1.54, 1.807) is 6.20 Å². The average Bonchev–Trinajstić information content (AvgIpc) is 2.46. The number of aromatic nitrogens is 1. The Morgan fingerprint density at radius 3 is 2.78 bits per heavy atom. The van der Waals surface area contributed by atoms with Gasteiger partial charge in [0.1, 0.15) is 5.03 Å². The molecule has 0 bridgehead atoms. The topological polar surface area (TPSA) is 33.2 Å². The van der Waals surface area contributed by atoms with Crippen LogP contribution in [-0.2, 0) is 0 Å². The van der Waals surface area contributed by atoms with Crippen LogP contribution in [0.5, 0.6) is 0 Å². The van der Waals surface area contributed by atoms with E-state index in [0.29, 0.717) is 6.04 Å². The van der Waals surface area contributed by atoms with E-state index in [9.17, 15) is 4.79 Å². The largest absolute Gasteiger partial charge is 0.339 e. The Morgan fingerprint density at radius 1 is 1.39 bits per heavy atom. The van der Waals surface area contributed by atoms with Gasteiger partial charge >= 0.3 is 0 Å². The fourth-order valence-electron chi connectivity index (χ4n) is 2.54. The second-order valence-electron chi connectivity index (χ2n) is 4.77. The molecule has 0 atom stereocenters. The Morgan fingerprint density at radius 2 is 2.11 bits per heavy atom. The van der Waals surface area contributed by atoms with Gasteiger partial charge in [0, 0.05) is 19.3 Å². The van der Waals surface area contributed by atoms with Crippen LogP contribution in [0.1, 0.15) is 42.5 Å². The van der Waals surface area contributed by atoms with E-state index in [1.807, 2.05) is 30.3 Å². The highest BCUT2D eigenvalue weighted by atomic mass is 32.2. The summed E-state index contributed by atoms with van der Waals surface area (Å²) in [6.07, 6.45) is 9.76. The first-order chi connectivity index (χ1) is 8.74. The lowest BCUT2D eigenvalue weighted by atomic mass is 9.94. The third kappa shape index (κ3) is 2.86. The van der Waals surface area contributed by atoms with Crippen LogP contribution in [0.3, 0.4) is 0 Å². The van der Waals surface area contributed by atoms with Crippen molar-refractivity contribution in [3.63, 3.8) is 0 Å². The molecule has 2 rings (SSSR count). The maximum absolute atomic E-state index is 12.5. The van der Waals surface area contributed by atoms with Crippen molar-refractivity contribution in [2.45, 2.75) is 43.2 Å². The van der Waals surface area contributed by atoms with Gasteiger partial charge in [-0.15, -0.1) is 11.8 Å². The predicted molar refractivity (Wildman–Crippen MR) is 75.0 cm³/mol. The number of nitrogens with zero attached hydrogens (tertiary/aromatic N) is 2. The molecule has 1 heterocycles. The molecule has 1 saturated carbocycles. The molecule has 18 heavy (non-hydrogen) atoms. The van der Waals surface area contributed by atoms with Crippen molar-refractivity contribution >= 4 is 17.7 Å². The van der Waals surface area contributed by atoms with Gasteiger partial charge in [0.2, 0.25) is 0 Å². The third-order valence-electron chi connectivity index (χ3n) is 3.64. The van der Waals surface area contributed by atoms with Crippen LogP contribution in [0.4, 0.5) is 0 Å². The molecule has 1 aromatic heterocycles. The molecule has 3 nitrogen and oxygen atoms in total. The SMILES string of the molecule is CSc1ncccc1C(=O)N(C)C1CCCCC1. The molecule has 0 spiro atoms. The van der Waals surface area contributed by atoms with Crippen molar-refractivity contribution in [2.24, 2.45) is 0 Å². The number of thioether (sulfide) groups is 1. The molecule has 4 heteroatoms. The maximum Gasteiger partial charge on any atom is 0.256 e. The zero-order valence-corrected chi connectivity index (χ0v) is 11.9. The highest BCUT2D eigenvalue weighted by Crippen LogP contribution is 2.25. The molecule has 1 aromatic rings. The minimum atomic E-state index is 0.111. The molecular weight excluding hydrogens is 244 g/mol. The summed E-state index contributed by atoms with van der Waals surface area (Å²) in [4.78, 5) is 18.7. The highest BCUT2D eigenvalue weighted by Gasteiger charge is 2.24. The van der Waals surface area contributed by atoms with E-state index in [4.69, 9.17) is 0 Å². The number of carbonyl (C=O) groups is 1. The summed E-state index contributed by atoms with van der Waals surface area (Å²) < 4.78 is 0. The summed E-state index contributed by atoms with van der Waals surface area (Å²) in [6.45, 7) is 0. The van der Waals surface area contributed by atoms with Crippen LogP contribution in [0.2, 0.25) is 0 Å². The first-order valence-electron chi connectivity index (χ1n) is 6.50. The Bertz CT molecular complexity index is 416. The smallest absolute Gasteiger partial charge is 0.256 e. The van der Waals surface area contributed by atoms with Crippen molar-refractivity contribution < 1.29 is 4.79 Å². The molecule has 0 N–H and O–H groups in total. The van der Waals surface area contributed by atoms with Crippen molar-refractivity contribution in [1.29, 1.82) is 0 Å².